The minimum absolute atomic E-state index is 0.654. The topological polar surface area (TPSA) is 33.0 Å². The molecule has 2 nitrogen and oxygen atoms in total. The van der Waals surface area contributed by atoms with E-state index in [1.165, 1.54) is 0 Å². The second-order valence-electron chi connectivity index (χ2n) is 5.35. The molecule has 0 heterocycles. The van der Waals surface area contributed by atoms with Gasteiger partial charge in [-0.1, -0.05) is 42.5 Å². The van der Waals surface area contributed by atoms with Crippen LogP contribution in [0.1, 0.15) is 19.4 Å². The summed E-state index contributed by atoms with van der Waals surface area (Å²) < 4.78 is 6.01. The van der Waals surface area contributed by atoms with Gasteiger partial charge in [-0.3, -0.25) is 0 Å². The molecule has 0 atom stereocenters. The van der Waals surface area contributed by atoms with Crippen molar-refractivity contribution in [2.75, 3.05) is 0 Å². The highest BCUT2D eigenvalue weighted by Crippen LogP contribution is 2.38. The molecule has 3 aromatic rings. The van der Waals surface area contributed by atoms with Crippen LogP contribution in [0.2, 0.25) is 0 Å². The standard InChI is InChI=1S/C21H17NO/c1-3-15(2)23-20-13-12-17-6-4-5-7-19(17)21(20)18-10-8-16(14-22)9-11-18/h3-13H,1-2H3/b15-3+. The Morgan fingerprint density at radius 2 is 1.74 bits per heavy atom. The molecule has 0 saturated carbocycles. The molecule has 0 aliphatic heterocycles. The van der Waals surface area contributed by atoms with Crippen LogP contribution in [-0.4, -0.2) is 0 Å². The van der Waals surface area contributed by atoms with E-state index in [4.69, 9.17) is 10.00 Å². The summed E-state index contributed by atoms with van der Waals surface area (Å²) in [5, 5.41) is 11.3. The summed E-state index contributed by atoms with van der Waals surface area (Å²) in [7, 11) is 0. The van der Waals surface area contributed by atoms with Crippen molar-refractivity contribution < 1.29 is 4.74 Å². The first kappa shape index (κ1) is 14.9. The second kappa shape index (κ2) is 6.37. The van der Waals surface area contributed by atoms with Crippen LogP contribution < -0.4 is 4.74 Å². The van der Waals surface area contributed by atoms with E-state index in [9.17, 15) is 0 Å². The van der Waals surface area contributed by atoms with Gasteiger partial charge in [0.2, 0.25) is 0 Å². The highest BCUT2D eigenvalue weighted by molar-refractivity contribution is 5.99. The molecule has 0 aromatic heterocycles. The van der Waals surface area contributed by atoms with Gasteiger partial charge in [0.05, 0.1) is 17.4 Å². The molecule has 0 saturated heterocycles. The Kier molecular flexibility index (Phi) is 4.12. The lowest BCUT2D eigenvalue weighted by Gasteiger charge is -2.15. The quantitative estimate of drug-likeness (QED) is 0.583. The maximum absolute atomic E-state index is 8.99. The number of hydrogen-bond acceptors (Lipinski definition) is 2. The zero-order valence-corrected chi connectivity index (χ0v) is 13.2. The molecule has 3 aromatic carbocycles. The molecule has 3 rings (SSSR count). The summed E-state index contributed by atoms with van der Waals surface area (Å²) in [6.07, 6.45) is 1.94. The lowest BCUT2D eigenvalue weighted by atomic mass is 9.96. The SMILES string of the molecule is C/C=C(\C)Oc1ccc2ccccc2c1-c1ccc(C#N)cc1. The normalized spacial score (nSPS) is 11.3. The Balaban J connectivity index is 2.25. The van der Waals surface area contributed by atoms with Gasteiger partial charge in [-0.05, 0) is 54.5 Å². The minimum atomic E-state index is 0.654. The Bertz CT molecular complexity index is 915. The number of allylic oxidation sites excluding steroid dienone is 2. The maximum atomic E-state index is 8.99. The highest BCUT2D eigenvalue weighted by atomic mass is 16.5. The van der Waals surface area contributed by atoms with Crippen molar-refractivity contribution in [2.24, 2.45) is 0 Å². The minimum Gasteiger partial charge on any atom is -0.462 e. The molecule has 112 valence electrons. The fourth-order valence-corrected chi connectivity index (χ4v) is 2.58. The van der Waals surface area contributed by atoms with Crippen LogP contribution in [-0.2, 0) is 0 Å². The fourth-order valence-electron chi connectivity index (χ4n) is 2.58. The zero-order chi connectivity index (χ0) is 16.2. The van der Waals surface area contributed by atoms with Crippen LogP contribution in [0.4, 0.5) is 0 Å². The van der Waals surface area contributed by atoms with E-state index in [-0.39, 0.29) is 0 Å². The van der Waals surface area contributed by atoms with Gasteiger partial charge in [-0.25, -0.2) is 0 Å². The molecule has 0 N–H and O–H groups in total. The molecule has 0 aliphatic rings. The van der Waals surface area contributed by atoms with E-state index in [1.807, 2.05) is 62.4 Å². The van der Waals surface area contributed by atoms with Crippen molar-refractivity contribution in [1.82, 2.24) is 0 Å². The van der Waals surface area contributed by atoms with Gasteiger partial charge in [-0.15, -0.1) is 0 Å². The Morgan fingerprint density at radius 1 is 1.00 bits per heavy atom. The number of ether oxygens (including phenoxy) is 1. The van der Waals surface area contributed by atoms with Crippen molar-refractivity contribution in [2.45, 2.75) is 13.8 Å². The number of fused-ring (bicyclic) bond motifs is 1. The lowest BCUT2D eigenvalue weighted by molar-refractivity contribution is 0.429. The van der Waals surface area contributed by atoms with Gasteiger partial charge < -0.3 is 4.74 Å². The fraction of sp³-hybridized carbons (Fsp3) is 0.0952. The summed E-state index contributed by atoms with van der Waals surface area (Å²) >= 11 is 0. The van der Waals surface area contributed by atoms with E-state index in [2.05, 4.69) is 24.3 Å². The average molecular weight is 299 g/mol. The zero-order valence-electron chi connectivity index (χ0n) is 13.2. The van der Waals surface area contributed by atoms with Gasteiger partial charge in [0.1, 0.15) is 5.75 Å². The molecule has 23 heavy (non-hydrogen) atoms. The Labute approximate surface area is 136 Å². The molecule has 0 radical (unpaired) electrons. The van der Waals surface area contributed by atoms with E-state index in [1.54, 1.807) is 0 Å². The first-order valence-electron chi connectivity index (χ1n) is 7.56. The van der Waals surface area contributed by atoms with Gasteiger partial charge in [0.15, 0.2) is 0 Å². The third-order valence-electron chi connectivity index (χ3n) is 3.87. The van der Waals surface area contributed by atoms with Crippen molar-refractivity contribution in [3.8, 4) is 22.9 Å². The first-order chi connectivity index (χ1) is 11.2. The van der Waals surface area contributed by atoms with E-state index < -0.39 is 0 Å². The first-order valence-corrected chi connectivity index (χ1v) is 7.56. The molecule has 0 bridgehead atoms. The van der Waals surface area contributed by atoms with Crippen LogP contribution in [0.25, 0.3) is 21.9 Å². The van der Waals surface area contributed by atoms with Crippen molar-refractivity contribution in [3.63, 3.8) is 0 Å². The van der Waals surface area contributed by atoms with Crippen molar-refractivity contribution >= 4 is 10.8 Å². The third-order valence-corrected chi connectivity index (χ3v) is 3.87. The predicted molar refractivity (Wildman–Crippen MR) is 94.2 cm³/mol. The molecule has 0 unspecified atom stereocenters. The highest BCUT2D eigenvalue weighted by Gasteiger charge is 2.12. The summed E-state index contributed by atoms with van der Waals surface area (Å²) in [5.41, 5.74) is 2.74. The lowest BCUT2D eigenvalue weighted by Crippen LogP contribution is -1.94. The Morgan fingerprint density at radius 3 is 2.43 bits per heavy atom. The van der Waals surface area contributed by atoms with Crippen molar-refractivity contribution in [1.29, 1.82) is 5.26 Å². The van der Waals surface area contributed by atoms with E-state index in [0.29, 0.717) is 5.56 Å². The molecule has 0 fully saturated rings. The number of nitrogens with zero attached hydrogens (tertiary/aromatic N) is 1. The van der Waals surface area contributed by atoms with Crippen LogP contribution in [0, 0.1) is 11.3 Å². The van der Waals surface area contributed by atoms with Crippen LogP contribution in [0.3, 0.4) is 0 Å². The maximum Gasteiger partial charge on any atom is 0.135 e. The van der Waals surface area contributed by atoms with Crippen LogP contribution in [0.15, 0.2) is 72.5 Å². The number of nitriles is 1. The molecule has 0 spiro atoms. The predicted octanol–water partition coefficient (Wildman–Crippen LogP) is 5.68. The second-order valence-corrected chi connectivity index (χ2v) is 5.35. The molecule has 2 heteroatoms. The summed E-state index contributed by atoms with van der Waals surface area (Å²) in [6.45, 7) is 3.90. The van der Waals surface area contributed by atoms with Gasteiger partial charge >= 0.3 is 0 Å². The van der Waals surface area contributed by atoms with Gasteiger partial charge in [0.25, 0.3) is 0 Å². The average Bonchev–Trinajstić information content (AvgIpc) is 2.61. The van der Waals surface area contributed by atoms with Crippen molar-refractivity contribution in [3.05, 3.63) is 78.1 Å². The smallest absolute Gasteiger partial charge is 0.135 e. The molecule has 0 aliphatic carbocycles. The van der Waals surface area contributed by atoms with Gasteiger partial charge in [0, 0.05) is 5.56 Å². The van der Waals surface area contributed by atoms with E-state index in [0.717, 1.165) is 33.4 Å². The summed E-state index contributed by atoms with van der Waals surface area (Å²) in [5.74, 6) is 1.68. The number of hydrogen-bond donors (Lipinski definition) is 0. The summed E-state index contributed by atoms with van der Waals surface area (Å²) in [4.78, 5) is 0. The Hall–Kier alpha value is -3.05. The third kappa shape index (κ3) is 2.95. The number of rotatable bonds is 3. The molecular formula is C21H17NO. The van der Waals surface area contributed by atoms with Gasteiger partial charge in [-0.2, -0.15) is 5.26 Å². The largest absolute Gasteiger partial charge is 0.462 e. The number of benzene rings is 3. The molecular weight excluding hydrogens is 282 g/mol. The van der Waals surface area contributed by atoms with E-state index >= 15 is 0 Å². The van der Waals surface area contributed by atoms with Crippen LogP contribution >= 0.6 is 0 Å². The van der Waals surface area contributed by atoms with Crippen LogP contribution in [0.5, 0.6) is 5.75 Å². The summed E-state index contributed by atoms with van der Waals surface area (Å²) in [6, 6.07) is 22.1. The monoisotopic (exact) mass is 299 g/mol. The molecule has 0 amide bonds.